The van der Waals surface area contributed by atoms with Gasteiger partial charge in [-0.2, -0.15) is 0 Å². The number of para-hydroxylation sites is 1. The molecule has 0 fully saturated rings. The Bertz CT molecular complexity index is 2800. The lowest BCUT2D eigenvalue weighted by Crippen LogP contribution is -2.04. The molecule has 0 amide bonds. The molecule has 10 rings (SSSR count). The van der Waals surface area contributed by atoms with Crippen LogP contribution in [0.25, 0.3) is 92.0 Å². The van der Waals surface area contributed by atoms with Crippen molar-refractivity contribution in [3.05, 3.63) is 152 Å². The Hall–Kier alpha value is -5.84. The van der Waals surface area contributed by atoms with Crippen molar-refractivity contribution in [2.75, 3.05) is 0 Å². The van der Waals surface area contributed by atoms with Gasteiger partial charge in [-0.1, -0.05) is 133 Å². The fraction of sp³-hybridized carbons (Fsp3) is 0. The second-order valence-corrected chi connectivity index (χ2v) is 12.8. The first kappa shape index (κ1) is 25.5. The van der Waals surface area contributed by atoms with Gasteiger partial charge >= 0.3 is 0 Å². The Morgan fingerprint density at radius 3 is 2.00 bits per heavy atom. The predicted molar refractivity (Wildman–Crippen MR) is 195 cm³/mol. The lowest BCUT2D eigenvalue weighted by molar-refractivity contribution is 0.999. The molecular formula is C42H25N3S. The number of thiophene rings is 1. The molecule has 0 unspecified atom stereocenters. The van der Waals surface area contributed by atoms with Gasteiger partial charge in [0.25, 0.3) is 0 Å². The zero-order chi connectivity index (χ0) is 30.2. The summed E-state index contributed by atoms with van der Waals surface area (Å²) in [5.74, 6) is 0.669. The first-order chi connectivity index (χ1) is 22.8. The number of fused-ring (bicyclic) bond motifs is 11. The smallest absolute Gasteiger partial charge is 0.235 e. The number of benzene rings is 7. The standard InChI is InChI=1S/C42H25N3S/c1-2-14-27(15-3-1)34-25-35(29-22-12-16-26-13-4-5-17-28(26)29)44-42(43-34)45-36-23-10-8-20-32(36)38-30-18-6-7-19-31(30)41-39(40(38)45)33-21-9-11-24-37(33)46-41/h1-25H. The normalized spacial score (nSPS) is 11.9. The van der Waals surface area contributed by atoms with Gasteiger partial charge in [0, 0.05) is 47.5 Å². The highest BCUT2D eigenvalue weighted by Gasteiger charge is 2.23. The van der Waals surface area contributed by atoms with E-state index in [0.717, 1.165) is 33.5 Å². The van der Waals surface area contributed by atoms with E-state index in [1.807, 2.05) is 17.4 Å². The molecule has 0 N–H and O–H groups in total. The summed E-state index contributed by atoms with van der Waals surface area (Å²) in [6, 6.07) is 53.9. The largest absolute Gasteiger partial charge is 0.277 e. The van der Waals surface area contributed by atoms with Crippen molar-refractivity contribution in [2.45, 2.75) is 0 Å². The van der Waals surface area contributed by atoms with Crippen molar-refractivity contribution in [3.63, 3.8) is 0 Å². The van der Waals surface area contributed by atoms with E-state index in [0.29, 0.717) is 5.95 Å². The zero-order valence-corrected chi connectivity index (χ0v) is 25.5. The molecule has 0 aliphatic carbocycles. The average Bonchev–Trinajstić information content (AvgIpc) is 3.68. The van der Waals surface area contributed by atoms with E-state index in [9.17, 15) is 0 Å². The molecule has 7 aromatic carbocycles. The van der Waals surface area contributed by atoms with E-state index in [4.69, 9.17) is 9.97 Å². The van der Waals surface area contributed by atoms with Gasteiger partial charge < -0.3 is 0 Å². The van der Waals surface area contributed by atoms with Gasteiger partial charge in [0.1, 0.15) is 0 Å². The Morgan fingerprint density at radius 1 is 0.478 bits per heavy atom. The second-order valence-electron chi connectivity index (χ2n) is 11.8. The third-order valence-electron chi connectivity index (χ3n) is 9.20. The van der Waals surface area contributed by atoms with Crippen LogP contribution in [-0.4, -0.2) is 14.5 Å². The monoisotopic (exact) mass is 603 g/mol. The summed E-state index contributed by atoms with van der Waals surface area (Å²) in [5, 5.41) is 9.85. The number of aromatic nitrogens is 3. The summed E-state index contributed by atoms with van der Waals surface area (Å²) in [6.45, 7) is 0. The SMILES string of the molecule is c1ccc(-c2cc(-c3cccc4ccccc34)nc(-n3c4ccccc4c4c5ccccc5c5sc6ccccc6c5c43)n2)cc1. The maximum atomic E-state index is 5.43. The van der Waals surface area contributed by atoms with Gasteiger partial charge in [0.05, 0.1) is 22.4 Å². The van der Waals surface area contributed by atoms with Gasteiger partial charge in [-0.25, -0.2) is 9.97 Å². The molecule has 4 heteroatoms. The highest BCUT2D eigenvalue weighted by atomic mass is 32.1. The molecule has 0 aliphatic rings. The van der Waals surface area contributed by atoms with E-state index in [2.05, 4.69) is 150 Å². The molecule has 3 nitrogen and oxygen atoms in total. The molecule has 3 aromatic heterocycles. The maximum Gasteiger partial charge on any atom is 0.235 e. The molecule has 46 heavy (non-hydrogen) atoms. The van der Waals surface area contributed by atoms with Crippen LogP contribution < -0.4 is 0 Å². The van der Waals surface area contributed by atoms with E-state index >= 15 is 0 Å². The minimum atomic E-state index is 0.669. The van der Waals surface area contributed by atoms with Crippen LogP contribution in [0.4, 0.5) is 0 Å². The van der Waals surface area contributed by atoms with E-state index in [-0.39, 0.29) is 0 Å². The van der Waals surface area contributed by atoms with Gasteiger partial charge in [0.15, 0.2) is 0 Å². The summed E-state index contributed by atoms with van der Waals surface area (Å²) in [5.41, 5.74) is 6.20. The Morgan fingerprint density at radius 2 is 1.13 bits per heavy atom. The van der Waals surface area contributed by atoms with Crippen LogP contribution in [0.15, 0.2) is 152 Å². The molecule has 0 aliphatic heterocycles. The van der Waals surface area contributed by atoms with Crippen molar-refractivity contribution < 1.29 is 0 Å². The average molecular weight is 604 g/mol. The van der Waals surface area contributed by atoms with Crippen LogP contribution >= 0.6 is 11.3 Å². The third-order valence-corrected chi connectivity index (χ3v) is 10.4. The first-order valence-corrected chi connectivity index (χ1v) is 16.3. The molecule has 10 aromatic rings. The number of hydrogen-bond acceptors (Lipinski definition) is 3. The van der Waals surface area contributed by atoms with Crippen LogP contribution in [0.2, 0.25) is 0 Å². The van der Waals surface area contributed by atoms with Gasteiger partial charge in [-0.15, -0.1) is 11.3 Å². The van der Waals surface area contributed by atoms with Crippen LogP contribution in [0.1, 0.15) is 0 Å². The molecule has 0 spiro atoms. The fourth-order valence-electron chi connectivity index (χ4n) is 7.20. The molecule has 0 radical (unpaired) electrons. The Kier molecular flexibility index (Phi) is 5.45. The lowest BCUT2D eigenvalue weighted by atomic mass is 10.00. The van der Waals surface area contributed by atoms with Crippen LogP contribution in [0, 0.1) is 0 Å². The van der Waals surface area contributed by atoms with Crippen LogP contribution in [-0.2, 0) is 0 Å². The molecule has 214 valence electrons. The zero-order valence-electron chi connectivity index (χ0n) is 24.7. The lowest BCUT2D eigenvalue weighted by Gasteiger charge is -2.14. The summed E-state index contributed by atoms with van der Waals surface area (Å²) in [4.78, 5) is 10.8. The van der Waals surface area contributed by atoms with Crippen LogP contribution in [0.5, 0.6) is 0 Å². The molecule has 0 saturated heterocycles. The maximum absolute atomic E-state index is 5.43. The molecule has 0 atom stereocenters. The van der Waals surface area contributed by atoms with Gasteiger partial charge in [-0.3, -0.25) is 4.57 Å². The Balaban J connectivity index is 1.42. The Labute approximate surface area is 268 Å². The number of hydrogen-bond donors (Lipinski definition) is 0. The van der Waals surface area contributed by atoms with Crippen molar-refractivity contribution in [1.82, 2.24) is 14.5 Å². The van der Waals surface area contributed by atoms with Crippen molar-refractivity contribution in [3.8, 4) is 28.5 Å². The molecular weight excluding hydrogens is 579 g/mol. The quantitative estimate of drug-likeness (QED) is 0.201. The molecule has 3 heterocycles. The molecule has 0 saturated carbocycles. The van der Waals surface area contributed by atoms with Gasteiger partial charge in [0.2, 0.25) is 5.95 Å². The minimum absolute atomic E-state index is 0.669. The van der Waals surface area contributed by atoms with Crippen molar-refractivity contribution in [1.29, 1.82) is 0 Å². The number of rotatable bonds is 3. The first-order valence-electron chi connectivity index (χ1n) is 15.5. The minimum Gasteiger partial charge on any atom is -0.277 e. The highest BCUT2D eigenvalue weighted by Crippen LogP contribution is 2.47. The van der Waals surface area contributed by atoms with Gasteiger partial charge in [-0.05, 0) is 34.4 Å². The highest BCUT2D eigenvalue weighted by molar-refractivity contribution is 7.27. The molecule has 0 bridgehead atoms. The number of nitrogens with zero attached hydrogens (tertiary/aromatic N) is 3. The van der Waals surface area contributed by atoms with E-state index < -0.39 is 0 Å². The van der Waals surface area contributed by atoms with E-state index in [1.54, 1.807) is 0 Å². The predicted octanol–water partition coefficient (Wildman–Crippen LogP) is 11.6. The summed E-state index contributed by atoms with van der Waals surface area (Å²) in [6.07, 6.45) is 0. The second kappa shape index (κ2) is 9.83. The van der Waals surface area contributed by atoms with Crippen molar-refractivity contribution in [2.24, 2.45) is 0 Å². The topological polar surface area (TPSA) is 30.7 Å². The fourth-order valence-corrected chi connectivity index (χ4v) is 8.45. The summed E-state index contributed by atoms with van der Waals surface area (Å²) < 4.78 is 4.89. The van der Waals surface area contributed by atoms with Crippen molar-refractivity contribution >= 4 is 74.9 Å². The van der Waals surface area contributed by atoms with E-state index in [1.165, 1.54) is 52.5 Å². The summed E-state index contributed by atoms with van der Waals surface area (Å²) in [7, 11) is 0. The van der Waals surface area contributed by atoms with Crippen LogP contribution in [0.3, 0.4) is 0 Å². The summed E-state index contributed by atoms with van der Waals surface area (Å²) >= 11 is 1.87. The third kappa shape index (κ3) is 3.65.